The highest BCUT2D eigenvalue weighted by Crippen LogP contribution is 2.30. The van der Waals surface area contributed by atoms with Crippen LogP contribution in [0.1, 0.15) is 31.9 Å². The van der Waals surface area contributed by atoms with E-state index in [0.717, 1.165) is 25.1 Å². The highest BCUT2D eigenvalue weighted by Gasteiger charge is 2.28. The van der Waals surface area contributed by atoms with Crippen LogP contribution >= 0.6 is 0 Å². The van der Waals surface area contributed by atoms with Crippen LogP contribution in [0.4, 0.5) is 4.39 Å². The molecule has 106 valence electrons. The minimum absolute atomic E-state index is 0.212. The predicted octanol–water partition coefficient (Wildman–Crippen LogP) is 2.56. The molecule has 1 saturated heterocycles. The fraction of sp³-hybridized carbons (Fsp3) is 0.600. The van der Waals surface area contributed by atoms with Crippen molar-refractivity contribution < 1.29 is 9.13 Å². The first-order valence-electron chi connectivity index (χ1n) is 6.86. The van der Waals surface area contributed by atoms with Crippen LogP contribution in [0.5, 0.6) is 5.75 Å². The Labute approximate surface area is 114 Å². The smallest absolute Gasteiger partial charge is 0.165 e. The van der Waals surface area contributed by atoms with Crippen molar-refractivity contribution >= 4 is 0 Å². The summed E-state index contributed by atoms with van der Waals surface area (Å²) in [5.41, 5.74) is 6.95. The molecule has 1 aliphatic rings. The molecule has 0 aliphatic carbocycles. The van der Waals surface area contributed by atoms with Gasteiger partial charge in [0.05, 0.1) is 7.11 Å². The molecule has 1 aromatic carbocycles. The number of ether oxygens (including phenoxy) is 1. The van der Waals surface area contributed by atoms with Crippen molar-refractivity contribution in [2.24, 2.45) is 11.7 Å². The molecule has 0 spiro atoms. The largest absolute Gasteiger partial charge is 0.494 e. The Hall–Kier alpha value is -1.13. The molecular formula is C15H23FN2O. The standard InChI is InChI=1S/C15H23FN2O/c1-10(17)13-6-7-18(9-13)11(2)12-4-5-15(19-3)14(16)8-12/h4-5,8,10-11,13H,6-7,9,17H2,1-3H3. The van der Waals surface area contributed by atoms with E-state index in [4.69, 9.17) is 10.5 Å². The quantitative estimate of drug-likeness (QED) is 0.910. The minimum Gasteiger partial charge on any atom is -0.494 e. The van der Waals surface area contributed by atoms with Gasteiger partial charge in [-0.1, -0.05) is 6.07 Å². The molecule has 0 saturated carbocycles. The Balaban J connectivity index is 2.08. The van der Waals surface area contributed by atoms with Gasteiger partial charge in [0.25, 0.3) is 0 Å². The molecular weight excluding hydrogens is 243 g/mol. The summed E-state index contributed by atoms with van der Waals surface area (Å²) in [6.07, 6.45) is 1.13. The summed E-state index contributed by atoms with van der Waals surface area (Å²) in [5.74, 6) is 0.547. The van der Waals surface area contributed by atoms with Crippen LogP contribution in [0.2, 0.25) is 0 Å². The summed E-state index contributed by atoms with van der Waals surface area (Å²) in [6.45, 7) is 6.20. The Morgan fingerprint density at radius 2 is 2.16 bits per heavy atom. The Morgan fingerprint density at radius 3 is 2.68 bits per heavy atom. The number of likely N-dealkylation sites (tertiary alicyclic amines) is 1. The average molecular weight is 266 g/mol. The molecule has 2 rings (SSSR count). The fourth-order valence-electron chi connectivity index (χ4n) is 2.75. The number of benzene rings is 1. The molecule has 1 aromatic rings. The van der Waals surface area contributed by atoms with Gasteiger partial charge in [-0.25, -0.2) is 4.39 Å². The number of nitrogens with two attached hydrogens (primary N) is 1. The van der Waals surface area contributed by atoms with Gasteiger partial charge in [0.1, 0.15) is 0 Å². The third-order valence-corrected chi connectivity index (χ3v) is 4.21. The summed E-state index contributed by atoms with van der Waals surface area (Å²) < 4.78 is 18.7. The lowest BCUT2D eigenvalue weighted by molar-refractivity contribution is 0.247. The zero-order valence-corrected chi connectivity index (χ0v) is 11.9. The van der Waals surface area contributed by atoms with Crippen molar-refractivity contribution in [1.82, 2.24) is 4.90 Å². The number of halogens is 1. The van der Waals surface area contributed by atoms with Gasteiger partial charge in [-0.15, -0.1) is 0 Å². The van der Waals surface area contributed by atoms with E-state index < -0.39 is 0 Å². The molecule has 1 aliphatic heterocycles. The molecule has 4 heteroatoms. The SMILES string of the molecule is COc1ccc(C(C)N2CCC(C(C)N)C2)cc1F. The molecule has 19 heavy (non-hydrogen) atoms. The van der Waals surface area contributed by atoms with E-state index in [2.05, 4.69) is 18.7 Å². The maximum Gasteiger partial charge on any atom is 0.165 e. The first kappa shape index (κ1) is 14.3. The van der Waals surface area contributed by atoms with Gasteiger partial charge >= 0.3 is 0 Å². The van der Waals surface area contributed by atoms with E-state index in [-0.39, 0.29) is 17.9 Å². The molecule has 0 amide bonds. The van der Waals surface area contributed by atoms with Crippen molar-refractivity contribution in [3.63, 3.8) is 0 Å². The van der Waals surface area contributed by atoms with Crippen LogP contribution in [-0.2, 0) is 0 Å². The summed E-state index contributed by atoms with van der Waals surface area (Å²) >= 11 is 0. The summed E-state index contributed by atoms with van der Waals surface area (Å²) in [4.78, 5) is 2.37. The van der Waals surface area contributed by atoms with Crippen molar-refractivity contribution in [2.75, 3.05) is 20.2 Å². The van der Waals surface area contributed by atoms with Crippen LogP contribution in [-0.4, -0.2) is 31.1 Å². The van der Waals surface area contributed by atoms with Crippen molar-refractivity contribution in [3.8, 4) is 5.75 Å². The van der Waals surface area contributed by atoms with E-state index in [0.29, 0.717) is 11.7 Å². The molecule has 3 unspecified atom stereocenters. The highest BCUT2D eigenvalue weighted by atomic mass is 19.1. The average Bonchev–Trinajstić information content (AvgIpc) is 2.87. The lowest BCUT2D eigenvalue weighted by Gasteiger charge is -2.25. The van der Waals surface area contributed by atoms with Crippen molar-refractivity contribution in [1.29, 1.82) is 0 Å². The third kappa shape index (κ3) is 3.07. The zero-order valence-electron chi connectivity index (χ0n) is 11.9. The van der Waals surface area contributed by atoms with Gasteiger partial charge in [-0.3, -0.25) is 4.90 Å². The van der Waals surface area contributed by atoms with Gasteiger partial charge in [-0.05, 0) is 50.4 Å². The van der Waals surface area contributed by atoms with Crippen LogP contribution in [0.25, 0.3) is 0 Å². The number of hydrogen-bond donors (Lipinski definition) is 1. The monoisotopic (exact) mass is 266 g/mol. The lowest BCUT2D eigenvalue weighted by Crippen LogP contribution is -2.31. The molecule has 2 N–H and O–H groups in total. The fourth-order valence-corrected chi connectivity index (χ4v) is 2.75. The maximum absolute atomic E-state index is 13.7. The Morgan fingerprint density at radius 1 is 1.42 bits per heavy atom. The predicted molar refractivity (Wildman–Crippen MR) is 74.7 cm³/mol. The lowest BCUT2D eigenvalue weighted by atomic mass is 10.0. The first-order chi connectivity index (χ1) is 9.02. The molecule has 1 heterocycles. The zero-order chi connectivity index (χ0) is 14.0. The van der Waals surface area contributed by atoms with Crippen LogP contribution in [0.15, 0.2) is 18.2 Å². The second kappa shape index (κ2) is 5.88. The van der Waals surface area contributed by atoms with Crippen molar-refractivity contribution in [3.05, 3.63) is 29.6 Å². The number of hydrogen-bond acceptors (Lipinski definition) is 3. The van der Waals surface area contributed by atoms with Gasteiger partial charge in [0.15, 0.2) is 11.6 Å². The number of nitrogens with zero attached hydrogens (tertiary/aromatic N) is 1. The summed E-state index contributed by atoms with van der Waals surface area (Å²) in [5, 5.41) is 0. The van der Waals surface area contributed by atoms with E-state index in [1.165, 1.54) is 7.11 Å². The van der Waals surface area contributed by atoms with Crippen molar-refractivity contribution in [2.45, 2.75) is 32.4 Å². The normalized spacial score (nSPS) is 23.3. The van der Waals surface area contributed by atoms with Gasteiger partial charge < -0.3 is 10.5 Å². The van der Waals surface area contributed by atoms with E-state index in [9.17, 15) is 4.39 Å². The third-order valence-electron chi connectivity index (χ3n) is 4.21. The van der Waals surface area contributed by atoms with Gasteiger partial charge in [0, 0.05) is 18.6 Å². The highest BCUT2D eigenvalue weighted by molar-refractivity contribution is 5.31. The summed E-state index contributed by atoms with van der Waals surface area (Å²) in [7, 11) is 1.48. The Bertz CT molecular complexity index is 436. The van der Waals surface area contributed by atoms with E-state index in [1.54, 1.807) is 12.1 Å². The molecule has 1 fully saturated rings. The van der Waals surface area contributed by atoms with E-state index in [1.807, 2.05) is 6.07 Å². The Kier molecular flexibility index (Phi) is 4.42. The second-order valence-electron chi connectivity index (χ2n) is 5.47. The van der Waals surface area contributed by atoms with Crippen LogP contribution in [0, 0.1) is 11.7 Å². The topological polar surface area (TPSA) is 38.5 Å². The molecule has 0 radical (unpaired) electrons. The molecule has 3 nitrogen and oxygen atoms in total. The minimum atomic E-state index is -0.296. The molecule has 0 aromatic heterocycles. The van der Waals surface area contributed by atoms with Crippen LogP contribution < -0.4 is 10.5 Å². The molecule has 3 atom stereocenters. The molecule has 0 bridgehead atoms. The van der Waals surface area contributed by atoms with Gasteiger partial charge in [-0.2, -0.15) is 0 Å². The maximum atomic E-state index is 13.7. The van der Waals surface area contributed by atoms with E-state index >= 15 is 0 Å². The van der Waals surface area contributed by atoms with Gasteiger partial charge in [0.2, 0.25) is 0 Å². The van der Waals surface area contributed by atoms with Crippen LogP contribution in [0.3, 0.4) is 0 Å². The second-order valence-corrected chi connectivity index (χ2v) is 5.47. The summed E-state index contributed by atoms with van der Waals surface area (Å²) in [6, 6.07) is 5.64. The first-order valence-corrected chi connectivity index (χ1v) is 6.86. The number of rotatable bonds is 4. The number of methoxy groups -OCH3 is 1.